The maximum atomic E-state index is 11.3. The number of rotatable bonds is 6. The molecule has 4 rings (SSSR count). The van der Waals surface area contributed by atoms with Gasteiger partial charge < -0.3 is 19.4 Å². The zero-order chi connectivity index (χ0) is 19.0. The van der Waals surface area contributed by atoms with Gasteiger partial charge in [0.1, 0.15) is 12.0 Å². The molecule has 2 heterocycles. The molecule has 0 spiro atoms. The Balaban J connectivity index is 1.52. The normalized spacial score (nSPS) is 15.0. The van der Waals surface area contributed by atoms with E-state index in [2.05, 4.69) is 4.98 Å². The number of hydrogen-bond acceptors (Lipinski definition) is 6. The van der Waals surface area contributed by atoms with Gasteiger partial charge in [-0.05, 0) is 29.3 Å². The van der Waals surface area contributed by atoms with E-state index in [0.29, 0.717) is 35.5 Å². The lowest BCUT2D eigenvalue weighted by Gasteiger charge is -2.22. The van der Waals surface area contributed by atoms with Gasteiger partial charge in [-0.15, -0.1) is 0 Å². The average Bonchev–Trinajstić information content (AvgIpc) is 3.23. The zero-order valence-electron chi connectivity index (χ0n) is 14.3. The molecule has 0 aliphatic carbocycles. The van der Waals surface area contributed by atoms with Gasteiger partial charge >= 0.3 is 11.7 Å². The number of aliphatic hydroxyl groups excluding tert-OH is 1. The molecule has 2 aromatic carbocycles. The molecule has 0 saturated heterocycles. The minimum absolute atomic E-state index is 0.0715. The molecular weight excluding hydrogens is 352 g/mol. The number of carboxylic acid groups (broad SMARTS) is 1. The SMILES string of the molecule is O=C(O)CCOc1cccc2c1CN(C(O)c1ccc3[nH]c(=O)oc3c1)C2. The van der Waals surface area contributed by atoms with Gasteiger partial charge in [0.15, 0.2) is 5.58 Å². The van der Waals surface area contributed by atoms with E-state index in [4.69, 9.17) is 14.3 Å². The van der Waals surface area contributed by atoms with Crippen molar-refractivity contribution in [2.75, 3.05) is 6.61 Å². The second-order valence-electron chi connectivity index (χ2n) is 6.43. The van der Waals surface area contributed by atoms with Gasteiger partial charge in [0, 0.05) is 18.7 Å². The van der Waals surface area contributed by atoms with Crippen molar-refractivity contribution >= 4 is 17.1 Å². The van der Waals surface area contributed by atoms with Crippen LogP contribution in [0, 0.1) is 0 Å². The van der Waals surface area contributed by atoms with Crippen LogP contribution in [0.1, 0.15) is 29.3 Å². The van der Waals surface area contributed by atoms with E-state index >= 15 is 0 Å². The number of nitrogens with one attached hydrogen (secondary N) is 1. The predicted octanol–water partition coefficient (Wildman–Crippen LogP) is 1.98. The number of fused-ring (bicyclic) bond motifs is 2. The van der Waals surface area contributed by atoms with Gasteiger partial charge in [-0.3, -0.25) is 14.7 Å². The highest BCUT2D eigenvalue weighted by Gasteiger charge is 2.28. The highest BCUT2D eigenvalue weighted by Crippen LogP contribution is 2.35. The molecule has 8 heteroatoms. The molecule has 3 N–H and O–H groups in total. The molecule has 0 bridgehead atoms. The van der Waals surface area contributed by atoms with Crippen LogP contribution in [-0.2, 0) is 17.9 Å². The summed E-state index contributed by atoms with van der Waals surface area (Å²) < 4.78 is 10.7. The van der Waals surface area contributed by atoms with Crippen molar-refractivity contribution in [1.29, 1.82) is 0 Å². The Bertz CT molecular complexity index is 1050. The number of aliphatic hydroxyl groups is 1. The molecule has 1 unspecified atom stereocenters. The van der Waals surface area contributed by atoms with Crippen molar-refractivity contribution in [3.63, 3.8) is 0 Å². The average molecular weight is 370 g/mol. The number of aromatic amines is 1. The Morgan fingerprint density at radius 2 is 2.15 bits per heavy atom. The highest BCUT2D eigenvalue weighted by atomic mass is 16.5. The van der Waals surface area contributed by atoms with Crippen molar-refractivity contribution in [2.45, 2.75) is 25.7 Å². The van der Waals surface area contributed by atoms with E-state index in [1.54, 1.807) is 24.3 Å². The van der Waals surface area contributed by atoms with Gasteiger partial charge in [-0.2, -0.15) is 0 Å². The number of aliphatic carboxylic acids is 1. The second-order valence-corrected chi connectivity index (χ2v) is 6.43. The van der Waals surface area contributed by atoms with Crippen molar-refractivity contribution < 1.29 is 24.2 Å². The van der Waals surface area contributed by atoms with Crippen molar-refractivity contribution in [3.05, 3.63) is 63.6 Å². The van der Waals surface area contributed by atoms with Crippen LogP contribution in [-0.4, -0.2) is 32.7 Å². The maximum absolute atomic E-state index is 11.3. The largest absolute Gasteiger partial charge is 0.493 e. The number of carboxylic acids is 1. The molecule has 8 nitrogen and oxygen atoms in total. The summed E-state index contributed by atoms with van der Waals surface area (Å²) in [5.41, 5.74) is 3.56. The summed E-state index contributed by atoms with van der Waals surface area (Å²) in [6.45, 7) is 1.09. The zero-order valence-corrected chi connectivity index (χ0v) is 14.3. The molecular formula is C19H18N2O6. The van der Waals surface area contributed by atoms with E-state index < -0.39 is 18.0 Å². The smallest absolute Gasteiger partial charge is 0.417 e. The quantitative estimate of drug-likeness (QED) is 0.607. The number of ether oxygens (including phenoxy) is 1. The van der Waals surface area contributed by atoms with Crippen LogP contribution in [0.3, 0.4) is 0 Å². The van der Waals surface area contributed by atoms with Gasteiger partial charge in [0.2, 0.25) is 0 Å². The Morgan fingerprint density at radius 1 is 1.30 bits per heavy atom. The number of carbonyl (C=O) groups is 1. The lowest BCUT2D eigenvalue weighted by molar-refractivity contribution is -0.137. The van der Waals surface area contributed by atoms with Crippen LogP contribution in [0.15, 0.2) is 45.6 Å². The Labute approximate surface area is 153 Å². The second kappa shape index (κ2) is 6.90. The third-order valence-corrected chi connectivity index (χ3v) is 4.63. The summed E-state index contributed by atoms with van der Waals surface area (Å²) in [5.74, 6) is -0.810. The number of oxazole rings is 1. The van der Waals surface area contributed by atoms with Gasteiger partial charge in [-0.1, -0.05) is 18.2 Å². The molecule has 0 amide bonds. The topological polar surface area (TPSA) is 116 Å². The van der Waals surface area contributed by atoms with Gasteiger partial charge in [0.25, 0.3) is 0 Å². The minimum Gasteiger partial charge on any atom is -0.493 e. The molecule has 1 aromatic heterocycles. The fourth-order valence-corrected chi connectivity index (χ4v) is 3.31. The summed E-state index contributed by atoms with van der Waals surface area (Å²) in [7, 11) is 0. The molecule has 1 atom stereocenters. The molecule has 1 aliphatic heterocycles. The lowest BCUT2D eigenvalue weighted by Crippen LogP contribution is -2.22. The van der Waals surface area contributed by atoms with Crippen molar-refractivity contribution in [1.82, 2.24) is 9.88 Å². The lowest BCUT2D eigenvalue weighted by atomic mass is 10.1. The summed E-state index contributed by atoms with van der Waals surface area (Å²) in [4.78, 5) is 26.4. The summed E-state index contributed by atoms with van der Waals surface area (Å²) in [6.07, 6.45) is -0.952. The van der Waals surface area contributed by atoms with Gasteiger partial charge in [-0.25, -0.2) is 4.79 Å². The Morgan fingerprint density at radius 3 is 2.96 bits per heavy atom. The van der Waals surface area contributed by atoms with Crippen LogP contribution in [0.4, 0.5) is 0 Å². The summed E-state index contributed by atoms with van der Waals surface area (Å²) >= 11 is 0. The Hall–Kier alpha value is -3.10. The van der Waals surface area contributed by atoms with E-state index in [1.807, 2.05) is 17.0 Å². The van der Waals surface area contributed by atoms with Crippen LogP contribution in [0.5, 0.6) is 5.75 Å². The van der Waals surface area contributed by atoms with E-state index in [-0.39, 0.29) is 13.0 Å². The standard InChI is InChI=1S/C19H18N2O6/c22-17(23)6-7-26-15-3-1-2-12-9-21(10-13(12)15)18(24)11-4-5-14-16(8-11)27-19(25)20-14/h1-5,8,18,24H,6-7,9-10H2,(H,20,25)(H,22,23). The van der Waals surface area contributed by atoms with Crippen LogP contribution >= 0.6 is 0 Å². The minimum atomic E-state index is -0.911. The number of hydrogen-bond donors (Lipinski definition) is 3. The number of H-pyrrole nitrogens is 1. The van der Waals surface area contributed by atoms with Crippen LogP contribution in [0.25, 0.3) is 11.1 Å². The van der Waals surface area contributed by atoms with Crippen molar-refractivity contribution in [3.8, 4) is 5.75 Å². The number of nitrogens with zero attached hydrogens (tertiary/aromatic N) is 1. The first-order chi connectivity index (χ1) is 13.0. The first-order valence-corrected chi connectivity index (χ1v) is 8.51. The summed E-state index contributed by atoms with van der Waals surface area (Å²) in [6, 6.07) is 10.7. The fourth-order valence-electron chi connectivity index (χ4n) is 3.31. The molecule has 0 saturated carbocycles. The molecule has 140 valence electrons. The third-order valence-electron chi connectivity index (χ3n) is 4.63. The fraction of sp³-hybridized carbons (Fsp3) is 0.263. The molecule has 1 aliphatic rings. The van der Waals surface area contributed by atoms with Crippen LogP contribution in [0.2, 0.25) is 0 Å². The van der Waals surface area contributed by atoms with E-state index in [0.717, 1.165) is 11.1 Å². The monoisotopic (exact) mass is 370 g/mol. The molecule has 27 heavy (non-hydrogen) atoms. The Kier molecular flexibility index (Phi) is 4.43. The maximum Gasteiger partial charge on any atom is 0.417 e. The first-order valence-electron chi connectivity index (χ1n) is 8.51. The molecule has 3 aromatic rings. The van der Waals surface area contributed by atoms with E-state index in [9.17, 15) is 14.7 Å². The van der Waals surface area contributed by atoms with Gasteiger partial charge in [0.05, 0.1) is 18.5 Å². The van der Waals surface area contributed by atoms with E-state index in [1.165, 1.54) is 0 Å². The number of aromatic nitrogens is 1. The van der Waals surface area contributed by atoms with Crippen molar-refractivity contribution in [2.24, 2.45) is 0 Å². The summed E-state index contributed by atoms with van der Waals surface area (Å²) in [5, 5.41) is 19.5. The number of benzene rings is 2. The molecule has 0 radical (unpaired) electrons. The predicted molar refractivity (Wildman–Crippen MR) is 95.2 cm³/mol. The highest BCUT2D eigenvalue weighted by molar-refractivity contribution is 5.72. The molecule has 0 fully saturated rings. The first kappa shape index (κ1) is 17.3. The van der Waals surface area contributed by atoms with Crippen LogP contribution < -0.4 is 10.5 Å². The third kappa shape index (κ3) is 3.44.